The highest BCUT2D eigenvalue weighted by Gasteiger charge is 2.17. The monoisotopic (exact) mass is 224 g/mol. The number of piperidine rings is 1. The van der Waals surface area contributed by atoms with Crippen molar-refractivity contribution in [1.29, 1.82) is 0 Å². The van der Waals surface area contributed by atoms with Crippen molar-refractivity contribution in [3.63, 3.8) is 0 Å². The molecule has 0 bridgehead atoms. The van der Waals surface area contributed by atoms with Crippen LogP contribution < -0.4 is 5.73 Å². The van der Waals surface area contributed by atoms with Gasteiger partial charge in [0.2, 0.25) is 0 Å². The molecule has 2 nitrogen and oxygen atoms in total. The van der Waals surface area contributed by atoms with Crippen LogP contribution in [-0.4, -0.2) is 30.6 Å². The molecule has 2 aliphatic rings. The zero-order valence-corrected chi connectivity index (χ0v) is 10.7. The van der Waals surface area contributed by atoms with E-state index in [0.29, 0.717) is 6.04 Å². The van der Waals surface area contributed by atoms with Gasteiger partial charge < -0.3 is 10.6 Å². The highest BCUT2D eigenvalue weighted by Crippen LogP contribution is 2.27. The average Bonchev–Trinajstić information content (AvgIpc) is 2.30. The first kappa shape index (κ1) is 12.4. The van der Waals surface area contributed by atoms with Crippen LogP contribution in [0.15, 0.2) is 0 Å². The molecule has 1 saturated heterocycles. The van der Waals surface area contributed by atoms with E-state index in [1.165, 1.54) is 70.9 Å². The highest BCUT2D eigenvalue weighted by molar-refractivity contribution is 4.75. The van der Waals surface area contributed by atoms with Crippen LogP contribution in [-0.2, 0) is 0 Å². The molecular formula is C14H28N2. The summed E-state index contributed by atoms with van der Waals surface area (Å²) in [6.45, 7) is 3.73. The largest absolute Gasteiger partial charge is 0.327 e. The van der Waals surface area contributed by atoms with Gasteiger partial charge in [-0.1, -0.05) is 32.1 Å². The van der Waals surface area contributed by atoms with Gasteiger partial charge in [0.15, 0.2) is 0 Å². The van der Waals surface area contributed by atoms with Crippen LogP contribution in [0.3, 0.4) is 0 Å². The number of likely N-dealkylation sites (tertiary alicyclic amines) is 1. The Balaban J connectivity index is 1.56. The summed E-state index contributed by atoms with van der Waals surface area (Å²) in [6, 6.07) is 0.448. The molecule has 0 aromatic carbocycles. The van der Waals surface area contributed by atoms with Crippen molar-refractivity contribution in [3.05, 3.63) is 0 Å². The molecule has 0 aromatic heterocycles. The molecule has 2 heteroatoms. The van der Waals surface area contributed by atoms with Crippen LogP contribution >= 0.6 is 0 Å². The molecule has 1 unspecified atom stereocenters. The fourth-order valence-electron chi connectivity index (χ4n) is 3.37. The third-order valence-electron chi connectivity index (χ3n) is 4.35. The lowest BCUT2D eigenvalue weighted by atomic mass is 9.86. The van der Waals surface area contributed by atoms with Crippen molar-refractivity contribution in [2.45, 2.75) is 63.8 Å². The van der Waals surface area contributed by atoms with Crippen LogP contribution in [0.5, 0.6) is 0 Å². The van der Waals surface area contributed by atoms with E-state index in [1.807, 2.05) is 0 Å². The molecule has 0 aromatic rings. The standard InChI is InChI=1S/C14H28N2/c15-14-9-5-11-16(12-14)10-4-8-13-6-2-1-3-7-13/h13-14H,1-12,15H2. The molecule has 0 radical (unpaired) electrons. The van der Waals surface area contributed by atoms with Crippen LogP contribution in [0.2, 0.25) is 0 Å². The average molecular weight is 224 g/mol. The second-order valence-electron chi connectivity index (χ2n) is 5.85. The lowest BCUT2D eigenvalue weighted by molar-refractivity contribution is 0.198. The van der Waals surface area contributed by atoms with Gasteiger partial charge in [0.05, 0.1) is 0 Å². The summed E-state index contributed by atoms with van der Waals surface area (Å²) in [5.41, 5.74) is 6.00. The van der Waals surface area contributed by atoms with E-state index in [0.717, 1.165) is 12.5 Å². The van der Waals surface area contributed by atoms with Gasteiger partial charge in [-0.05, 0) is 44.7 Å². The third kappa shape index (κ3) is 4.06. The molecule has 1 aliphatic carbocycles. The summed E-state index contributed by atoms with van der Waals surface area (Å²) in [7, 11) is 0. The molecule has 0 spiro atoms. The number of hydrogen-bond acceptors (Lipinski definition) is 2. The maximum Gasteiger partial charge on any atom is 0.0168 e. The quantitative estimate of drug-likeness (QED) is 0.795. The first-order chi connectivity index (χ1) is 7.84. The molecule has 16 heavy (non-hydrogen) atoms. The van der Waals surface area contributed by atoms with Crippen LogP contribution in [0.1, 0.15) is 57.8 Å². The predicted octanol–water partition coefficient (Wildman–Crippen LogP) is 2.77. The molecule has 94 valence electrons. The van der Waals surface area contributed by atoms with Crippen molar-refractivity contribution in [2.75, 3.05) is 19.6 Å². The Bertz CT molecular complexity index is 187. The molecular weight excluding hydrogens is 196 g/mol. The first-order valence-electron chi connectivity index (χ1n) is 7.32. The SMILES string of the molecule is NC1CCCN(CCCC2CCCCC2)C1. The Morgan fingerprint density at radius 1 is 1.00 bits per heavy atom. The fraction of sp³-hybridized carbons (Fsp3) is 1.00. The topological polar surface area (TPSA) is 29.3 Å². The summed E-state index contributed by atoms with van der Waals surface area (Å²) < 4.78 is 0. The minimum absolute atomic E-state index is 0.448. The van der Waals surface area contributed by atoms with E-state index in [1.54, 1.807) is 0 Å². The van der Waals surface area contributed by atoms with E-state index in [9.17, 15) is 0 Å². The number of nitrogens with two attached hydrogens (primary N) is 1. The molecule has 2 fully saturated rings. The molecule has 1 saturated carbocycles. The van der Waals surface area contributed by atoms with E-state index in [4.69, 9.17) is 5.73 Å². The highest BCUT2D eigenvalue weighted by atomic mass is 15.1. The summed E-state index contributed by atoms with van der Waals surface area (Å²) in [5, 5.41) is 0. The number of nitrogens with zero attached hydrogens (tertiary/aromatic N) is 1. The Kier molecular flexibility index (Phi) is 5.11. The zero-order chi connectivity index (χ0) is 11.2. The van der Waals surface area contributed by atoms with Crippen molar-refractivity contribution >= 4 is 0 Å². The normalized spacial score (nSPS) is 29.4. The lowest BCUT2D eigenvalue weighted by Crippen LogP contribution is -2.43. The number of rotatable bonds is 4. The summed E-state index contributed by atoms with van der Waals surface area (Å²) >= 11 is 0. The smallest absolute Gasteiger partial charge is 0.0168 e. The summed E-state index contributed by atoms with van der Waals surface area (Å²) in [6.07, 6.45) is 12.9. The van der Waals surface area contributed by atoms with Crippen molar-refractivity contribution in [1.82, 2.24) is 4.90 Å². The Morgan fingerprint density at radius 3 is 2.56 bits per heavy atom. The predicted molar refractivity (Wildman–Crippen MR) is 69.5 cm³/mol. The van der Waals surface area contributed by atoms with E-state index < -0.39 is 0 Å². The Hall–Kier alpha value is -0.0800. The van der Waals surface area contributed by atoms with Crippen LogP contribution in [0.4, 0.5) is 0 Å². The maximum atomic E-state index is 6.00. The minimum Gasteiger partial charge on any atom is -0.327 e. The molecule has 1 aliphatic heterocycles. The van der Waals surface area contributed by atoms with Crippen LogP contribution in [0, 0.1) is 5.92 Å². The minimum atomic E-state index is 0.448. The van der Waals surface area contributed by atoms with Gasteiger partial charge >= 0.3 is 0 Å². The van der Waals surface area contributed by atoms with Gasteiger partial charge in [0.1, 0.15) is 0 Å². The molecule has 2 rings (SSSR count). The zero-order valence-electron chi connectivity index (χ0n) is 10.7. The van der Waals surface area contributed by atoms with E-state index >= 15 is 0 Å². The molecule has 1 heterocycles. The lowest BCUT2D eigenvalue weighted by Gasteiger charge is -2.31. The molecule has 2 N–H and O–H groups in total. The van der Waals surface area contributed by atoms with Gasteiger partial charge in [-0.3, -0.25) is 0 Å². The Morgan fingerprint density at radius 2 is 1.81 bits per heavy atom. The Labute approximate surface area is 101 Å². The fourth-order valence-corrected chi connectivity index (χ4v) is 3.37. The summed E-state index contributed by atoms with van der Waals surface area (Å²) in [5.74, 6) is 1.05. The van der Waals surface area contributed by atoms with Crippen molar-refractivity contribution in [2.24, 2.45) is 11.7 Å². The number of hydrogen-bond donors (Lipinski definition) is 1. The molecule has 1 atom stereocenters. The van der Waals surface area contributed by atoms with Gasteiger partial charge in [-0.25, -0.2) is 0 Å². The second kappa shape index (κ2) is 6.61. The van der Waals surface area contributed by atoms with Gasteiger partial charge in [-0.15, -0.1) is 0 Å². The third-order valence-corrected chi connectivity index (χ3v) is 4.35. The summed E-state index contributed by atoms with van der Waals surface area (Å²) in [4.78, 5) is 2.58. The van der Waals surface area contributed by atoms with E-state index in [2.05, 4.69) is 4.90 Å². The first-order valence-corrected chi connectivity index (χ1v) is 7.32. The van der Waals surface area contributed by atoms with Crippen molar-refractivity contribution in [3.8, 4) is 0 Å². The van der Waals surface area contributed by atoms with Crippen LogP contribution in [0.25, 0.3) is 0 Å². The second-order valence-corrected chi connectivity index (χ2v) is 5.85. The van der Waals surface area contributed by atoms with Gasteiger partial charge in [0, 0.05) is 12.6 Å². The van der Waals surface area contributed by atoms with Crippen molar-refractivity contribution < 1.29 is 0 Å². The molecule has 0 amide bonds. The van der Waals surface area contributed by atoms with E-state index in [-0.39, 0.29) is 0 Å². The van der Waals surface area contributed by atoms with Gasteiger partial charge in [-0.2, -0.15) is 0 Å². The maximum absolute atomic E-state index is 6.00. The van der Waals surface area contributed by atoms with Gasteiger partial charge in [0.25, 0.3) is 0 Å².